The third-order valence-corrected chi connectivity index (χ3v) is 4.56. The number of halogens is 1. The number of ether oxygens (including phenoxy) is 1. The van der Waals surface area contributed by atoms with Crippen molar-refractivity contribution in [2.75, 3.05) is 6.61 Å². The van der Waals surface area contributed by atoms with Crippen molar-refractivity contribution in [3.05, 3.63) is 29.8 Å². The Morgan fingerprint density at radius 2 is 1.95 bits per heavy atom. The van der Waals surface area contributed by atoms with Gasteiger partial charge in [0.1, 0.15) is 6.04 Å². The zero-order chi connectivity index (χ0) is 14.5. The van der Waals surface area contributed by atoms with Crippen molar-refractivity contribution in [2.45, 2.75) is 30.1 Å². The Hall–Kier alpha value is -0.920. The number of esters is 1. The molecule has 0 aliphatic rings. The molecule has 0 saturated carbocycles. The van der Waals surface area contributed by atoms with Gasteiger partial charge in [-0.2, -0.15) is 4.72 Å². The maximum Gasteiger partial charge on any atom is 0.323 e. The molecule has 1 atom stereocenters. The molecule has 0 aliphatic heterocycles. The van der Waals surface area contributed by atoms with Crippen LogP contribution in [0.15, 0.2) is 29.2 Å². The smallest absolute Gasteiger partial charge is 0.323 e. The predicted molar refractivity (Wildman–Crippen MR) is 75.5 cm³/mol. The minimum absolute atomic E-state index is 0.119. The molecular formula is C12H16BrNO4S. The summed E-state index contributed by atoms with van der Waals surface area (Å²) in [4.78, 5) is 11.5. The molecule has 0 saturated heterocycles. The van der Waals surface area contributed by atoms with Gasteiger partial charge in [-0.1, -0.05) is 28.1 Å². The topological polar surface area (TPSA) is 72.5 Å². The Kier molecular flexibility index (Phi) is 5.96. The summed E-state index contributed by atoms with van der Waals surface area (Å²) < 4.78 is 31.1. The lowest BCUT2D eigenvalue weighted by Gasteiger charge is -2.13. The number of hydrogen-bond acceptors (Lipinski definition) is 4. The average molecular weight is 350 g/mol. The highest BCUT2D eigenvalue weighted by Crippen LogP contribution is 2.13. The fraction of sp³-hybridized carbons (Fsp3) is 0.417. The summed E-state index contributed by atoms with van der Waals surface area (Å²) in [6.45, 7) is 3.32. The van der Waals surface area contributed by atoms with Crippen LogP contribution in [0, 0.1) is 0 Å². The maximum atomic E-state index is 12.0. The fourth-order valence-electron chi connectivity index (χ4n) is 1.37. The van der Waals surface area contributed by atoms with Gasteiger partial charge in [0.25, 0.3) is 0 Å². The molecule has 5 nitrogen and oxygen atoms in total. The van der Waals surface area contributed by atoms with E-state index in [2.05, 4.69) is 20.7 Å². The van der Waals surface area contributed by atoms with Gasteiger partial charge in [-0.05, 0) is 31.5 Å². The highest BCUT2D eigenvalue weighted by molar-refractivity contribution is 9.08. The number of benzene rings is 1. The molecule has 0 aliphatic carbocycles. The summed E-state index contributed by atoms with van der Waals surface area (Å²) in [5.74, 6) is -0.594. The van der Waals surface area contributed by atoms with Gasteiger partial charge < -0.3 is 4.74 Å². The Morgan fingerprint density at radius 3 is 2.42 bits per heavy atom. The Bertz CT molecular complexity index is 527. The van der Waals surface area contributed by atoms with Crippen molar-refractivity contribution in [1.29, 1.82) is 0 Å². The van der Waals surface area contributed by atoms with Crippen LogP contribution in [0.1, 0.15) is 19.4 Å². The van der Waals surface area contributed by atoms with Gasteiger partial charge in [0.05, 0.1) is 11.5 Å². The summed E-state index contributed by atoms with van der Waals surface area (Å²) in [6, 6.07) is 5.49. The number of rotatable bonds is 6. The molecule has 1 rings (SSSR count). The van der Waals surface area contributed by atoms with Gasteiger partial charge >= 0.3 is 5.97 Å². The van der Waals surface area contributed by atoms with Crippen molar-refractivity contribution in [1.82, 2.24) is 4.72 Å². The first-order chi connectivity index (χ1) is 8.90. The van der Waals surface area contributed by atoms with Crippen LogP contribution in [0.25, 0.3) is 0 Å². The Balaban J connectivity index is 2.82. The molecule has 7 heteroatoms. The fourth-order valence-corrected chi connectivity index (χ4v) is 2.94. The van der Waals surface area contributed by atoms with Crippen LogP contribution in [-0.4, -0.2) is 27.0 Å². The monoisotopic (exact) mass is 349 g/mol. The number of carbonyl (C=O) groups is 1. The molecule has 1 unspecified atom stereocenters. The van der Waals surface area contributed by atoms with E-state index in [1.807, 2.05) is 0 Å². The summed E-state index contributed by atoms with van der Waals surface area (Å²) in [7, 11) is -3.71. The number of sulfonamides is 1. The van der Waals surface area contributed by atoms with Gasteiger partial charge in [0, 0.05) is 5.33 Å². The maximum absolute atomic E-state index is 12.0. The van der Waals surface area contributed by atoms with E-state index in [0.717, 1.165) is 5.56 Å². The molecule has 19 heavy (non-hydrogen) atoms. The molecule has 1 N–H and O–H groups in total. The van der Waals surface area contributed by atoms with E-state index in [-0.39, 0.29) is 11.5 Å². The van der Waals surface area contributed by atoms with Crippen molar-refractivity contribution in [3.8, 4) is 0 Å². The van der Waals surface area contributed by atoms with Crippen LogP contribution in [0.3, 0.4) is 0 Å². The summed E-state index contributed by atoms with van der Waals surface area (Å²) in [6.07, 6.45) is 0. The molecule has 0 heterocycles. The lowest BCUT2D eigenvalue weighted by molar-refractivity contribution is -0.144. The average Bonchev–Trinajstić information content (AvgIpc) is 2.38. The summed E-state index contributed by atoms with van der Waals surface area (Å²) >= 11 is 3.28. The van der Waals surface area contributed by atoms with E-state index >= 15 is 0 Å². The van der Waals surface area contributed by atoms with Gasteiger partial charge in [0.15, 0.2) is 0 Å². The SMILES string of the molecule is CCOC(=O)C(C)NS(=O)(=O)c1ccc(CBr)cc1. The van der Waals surface area contributed by atoms with Crippen LogP contribution in [0.2, 0.25) is 0 Å². The number of alkyl halides is 1. The number of nitrogens with one attached hydrogen (secondary N) is 1. The Morgan fingerprint density at radius 1 is 1.37 bits per heavy atom. The first-order valence-electron chi connectivity index (χ1n) is 5.74. The van der Waals surface area contributed by atoms with Crippen molar-refractivity contribution >= 4 is 31.9 Å². The van der Waals surface area contributed by atoms with E-state index in [4.69, 9.17) is 4.74 Å². The van der Waals surface area contributed by atoms with Gasteiger partial charge in [-0.25, -0.2) is 8.42 Å². The second kappa shape index (κ2) is 7.02. The van der Waals surface area contributed by atoms with Gasteiger partial charge in [-0.3, -0.25) is 4.79 Å². The standard InChI is InChI=1S/C12H16BrNO4S/c1-3-18-12(15)9(2)14-19(16,17)11-6-4-10(8-13)5-7-11/h4-7,9,14H,3,8H2,1-2H3. The van der Waals surface area contributed by atoms with Gasteiger partial charge in [0.2, 0.25) is 10.0 Å². The lowest BCUT2D eigenvalue weighted by atomic mass is 10.2. The molecule has 0 bridgehead atoms. The third-order valence-electron chi connectivity index (χ3n) is 2.36. The second-order valence-corrected chi connectivity index (χ2v) is 6.15. The summed E-state index contributed by atoms with van der Waals surface area (Å²) in [5, 5.41) is 0.653. The largest absolute Gasteiger partial charge is 0.465 e. The first-order valence-corrected chi connectivity index (χ1v) is 8.35. The van der Waals surface area contributed by atoms with Crippen molar-refractivity contribution in [2.24, 2.45) is 0 Å². The van der Waals surface area contributed by atoms with Crippen molar-refractivity contribution in [3.63, 3.8) is 0 Å². The second-order valence-electron chi connectivity index (χ2n) is 3.87. The molecule has 1 aromatic carbocycles. The molecule has 0 amide bonds. The predicted octanol–water partition coefficient (Wildman–Crippen LogP) is 1.81. The van der Waals surface area contributed by atoms with Crippen molar-refractivity contribution < 1.29 is 17.9 Å². The van der Waals surface area contributed by atoms with E-state index in [9.17, 15) is 13.2 Å². The molecule has 0 radical (unpaired) electrons. The quantitative estimate of drug-likeness (QED) is 0.627. The molecule has 0 spiro atoms. The molecular weight excluding hydrogens is 334 g/mol. The first kappa shape index (κ1) is 16.1. The van der Waals surface area contributed by atoms with Crippen LogP contribution in [0.5, 0.6) is 0 Å². The number of carbonyl (C=O) groups excluding carboxylic acids is 1. The van der Waals surface area contributed by atoms with Crippen LogP contribution in [-0.2, 0) is 24.9 Å². The number of hydrogen-bond donors (Lipinski definition) is 1. The van der Waals surface area contributed by atoms with E-state index in [1.54, 1.807) is 19.1 Å². The van der Waals surface area contributed by atoms with Crippen LogP contribution < -0.4 is 4.72 Å². The zero-order valence-corrected chi connectivity index (χ0v) is 13.1. The van der Waals surface area contributed by atoms with Gasteiger partial charge in [-0.15, -0.1) is 0 Å². The zero-order valence-electron chi connectivity index (χ0n) is 10.7. The minimum atomic E-state index is -3.71. The normalized spacial score (nSPS) is 13.0. The summed E-state index contributed by atoms with van der Waals surface area (Å²) in [5.41, 5.74) is 0.970. The van der Waals surface area contributed by atoms with Crippen LogP contribution in [0.4, 0.5) is 0 Å². The molecule has 0 fully saturated rings. The van der Waals surface area contributed by atoms with E-state index in [1.165, 1.54) is 19.1 Å². The van der Waals surface area contributed by atoms with E-state index in [0.29, 0.717) is 5.33 Å². The Labute approximate surface area is 121 Å². The molecule has 1 aromatic rings. The van der Waals surface area contributed by atoms with E-state index < -0.39 is 22.0 Å². The highest BCUT2D eigenvalue weighted by Gasteiger charge is 2.22. The third kappa shape index (κ3) is 4.59. The lowest BCUT2D eigenvalue weighted by Crippen LogP contribution is -2.39. The van der Waals surface area contributed by atoms with Crippen LogP contribution >= 0.6 is 15.9 Å². The minimum Gasteiger partial charge on any atom is -0.465 e. The molecule has 0 aromatic heterocycles. The highest BCUT2D eigenvalue weighted by atomic mass is 79.9. The molecule has 106 valence electrons.